The fraction of sp³-hybridized carbons (Fsp3) is 0.867. The van der Waals surface area contributed by atoms with Crippen LogP contribution < -0.4 is 0 Å². The van der Waals surface area contributed by atoms with Crippen molar-refractivity contribution in [2.24, 2.45) is 5.41 Å². The minimum absolute atomic E-state index is 0.0901. The molecule has 0 aromatic carbocycles. The van der Waals surface area contributed by atoms with E-state index in [2.05, 4.69) is 29.8 Å². The Morgan fingerprint density at radius 3 is 2.55 bits per heavy atom. The first-order valence-electron chi connectivity index (χ1n) is 7.71. The van der Waals surface area contributed by atoms with Crippen LogP contribution in [0.2, 0.25) is 0 Å². The molecule has 0 spiro atoms. The van der Waals surface area contributed by atoms with Crippen molar-refractivity contribution < 1.29 is 9.59 Å². The van der Waals surface area contributed by atoms with Gasteiger partial charge in [-0.05, 0) is 37.5 Å². The van der Waals surface area contributed by atoms with E-state index in [9.17, 15) is 9.59 Å². The van der Waals surface area contributed by atoms with Crippen molar-refractivity contribution in [2.45, 2.75) is 52.0 Å². The van der Waals surface area contributed by atoms with Gasteiger partial charge in [0.05, 0.1) is 6.54 Å². The van der Waals surface area contributed by atoms with Crippen LogP contribution in [0.25, 0.3) is 0 Å². The topological polar surface area (TPSA) is 40.6 Å². The van der Waals surface area contributed by atoms with Crippen LogP contribution in [0, 0.1) is 5.41 Å². The second-order valence-electron chi connectivity index (χ2n) is 6.13. The van der Waals surface area contributed by atoms with E-state index >= 15 is 0 Å². The molecule has 0 radical (unpaired) electrons. The molecule has 2 aliphatic heterocycles. The number of carbonyl (C=O) groups excluding carboxylic acids is 2. The highest BCUT2D eigenvalue weighted by atomic mass is 79.9. The average molecular weight is 345 g/mol. The van der Waals surface area contributed by atoms with Crippen LogP contribution in [0.3, 0.4) is 0 Å². The summed E-state index contributed by atoms with van der Waals surface area (Å²) in [6, 6.07) is -0.188. The first kappa shape index (κ1) is 15.8. The number of piperidine rings is 1. The van der Waals surface area contributed by atoms with E-state index in [1.165, 1.54) is 0 Å². The minimum atomic E-state index is -0.188. The summed E-state index contributed by atoms with van der Waals surface area (Å²) in [4.78, 5) is 28.5. The van der Waals surface area contributed by atoms with Gasteiger partial charge < -0.3 is 9.80 Å². The third kappa shape index (κ3) is 2.87. The van der Waals surface area contributed by atoms with Crippen molar-refractivity contribution in [2.75, 3.05) is 25.0 Å². The van der Waals surface area contributed by atoms with Crippen LogP contribution in [-0.4, -0.2) is 52.6 Å². The van der Waals surface area contributed by atoms with Gasteiger partial charge in [0.25, 0.3) is 0 Å². The van der Waals surface area contributed by atoms with E-state index in [1.807, 2.05) is 4.90 Å². The molecule has 0 aliphatic carbocycles. The lowest BCUT2D eigenvalue weighted by Crippen LogP contribution is -2.62. The van der Waals surface area contributed by atoms with Gasteiger partial charge in [-0.3, -0.25) is 9.59 Å². The Labute approximate surface area is 130 Å². The molecule has 5 heteroatoms. The fourth-order valence-electron chi connectivity index (χ4n) is 3.27. The molecular formula is C15H25BrN2O2. The summed E-state index contributed by atoms with van der Waals surface area (Å²) in [6.45, 7) is 6.04. The summed E-state index contributed by atoms with van der Waals surface area (Å²) in [5, 5.41) is 0.874. The van der Waals surface area contributed by atoms with Gasteiger partial charge in [0.1, 0.15) is 6.04 Å². The molecule has 1 unspecified atom stereocenters. The molecule has 2 amide bonds. The molecule has 1 atom stereocenters. The Balaban J connectivity index is 2.12. The molecule has 0 saturated carbocycles. The normalized spacial score (nSPS) is 24.1. The van der Waals surface area contributed by atoms with Crippen LogP contribution in [0.4, 0.5) is 0 Å². The number of hydrogen-bond donors (Lipinski definition) is 0. The quantitative estimate of drug-likeness (QED) is 0.718. The molecule has 2 saturated heterocycles. The lowest BCUT2D eigenvalue weighted by molar-refractivity contribution is -0.159. The maximum Gasteiger partial charge on any atom is 0.245 e. The molecule has 20 heavy (non-hydrogen) atoms. The number of amides is 2. The zero-order chi connectivity index (χ0) is 14.8. The van der Waals surface area contributed by atoms with Crippen LogP contribution >= 0.6 is 15.9 Å². The molecule has 0 aromatic rings. The third-order valence-electron chi connectivity index (χ3n) is 5.06. The van der Waals surface area contributed by atoms with E-state index in [-0.39, 0.29) is 29.8 Å². The number of carbonyl (C=O) groups is 2. The van der Waals surface area contributed by atoms with Crippen molar-refractivity contribution in [3.8, 4) is 0 Å². The van der Waals surface area contributed by atoms with E-state index < -0.39 is 0 Å². The number of nitrogens with zero attached hydrogens (tertiary/aromatic N) is 2. The molecule has 4 nitrogen and oxygen atoms in total. The Morgan fingerprint density at radius 1 is 1.25 bits per heavy atom. The number of piperazine rings is 1. The minimum Gasteiger partial charge on any atom is -0.331 e. The highest BCUT2D eigenvalue weighted by Gasteiger charge is 2.42. The Bertz CT molecular complexity index is 374. The van der Waals surface area contributed by atoms with Crippen LogP contribution in [0.5, 0.6) is 0 Å². The van der Waals surface area contributed by atoms with E-state index in [0.29, 0.717) is 6.54 Å². The van der Waals surface area contributed by atoms with Crippen molar-refractivity contribution in [3.63, 3.8) is 0 Å². The maximum absolute atomic E-state index is 12.6. The fourth-order valence-corrected chi connectivity index (χ4v) is 4.24. The highest BCUT2D eigenvalue weighted by Crippen LogP contribution is 2.32. The summed E-state index contributed by atoms with van der Waals surface area (Å²) >= 11 is 3.59. The van der Waals surface area contributed by atoms with E-state index in [4.69, 9.17) is 0 Å². The Kier molecular flexibility index (Phi) is 5.10. The molecular weight excluding hydrogens is 320 g/mol. The number of rotatable bonds is 5. The summed E-state index contributed by atoms with van der Waals surface area (Å²) in [6.07, 6.45) is 4.95. The molecule has 2 heterocycles. The maximum atomic E-state index is 12.6. The zero-order valence-corrected chi connectivity index (χ0v) is 14.1. The van der Waals surface area contributed by atoms with Gasteiger partial charge in [-0.25, -0.2) is 0 Å². The van der Waals surface area contributed by atoms with Crippen LogP contribution in [0.1, 0.15) is 46.0 Å². The number of hydrogen-bond acceptors (Lipinski definition) is 2. The van der Waals surface area contributed by atoms with E-state index in [0.717, 1.165) is 44.0 Å². The van der Waals surface area contributed by atoms with Gasteiger partial charge in [0.15, 0.2) is 0 Å². The SMILES string of the molecule is CCC(CC)(CBr)CN1CC(=O)N2CCCCC2C1=O. The van der Waals surface area contributed by atoms with E-state index in [1.54, 1.807) is 4.90 Å². The molecule has 2 rings (SSSR count). The summed E-state index contributed by atoms with van der Waals surface area (Å²) in [7, 11) is 0. The second-order valence-corrected chi connectivity index (χ2v) is 6.69. The average Bonchev–Trinajstić information content (AvgIpc) is 2.50. The second kappa shape index (κ2) is 6.46. The zero-order valence-electron chi connectivity index (χ0n) is 12.5. The van der Waals surface area contributed by atoms with Gasteiger partial charge in [0, 0.05) is 18.4 Å². The lowest BCUT2D eigenvalue weighted by atomic mass is 9.83. The molecule has 2 aliphatic rings. The van der Waals surface area contributed by atoms with Crippen molar-refractivity contribution in [1.29, 1.82) is 0 Å². The molecule has 0 bridgehead atoms. The molecule has 0 aromatic heterocycles. The number of fused-ring (bicyclic) bond motifs is 1. The largest absolute Gasteiger partial charge is 0.331 e. The summed E-state index contributed by atoms with van der Waals surface area (Å²) in [5.41, 5.74) is 0.0901. The lowest BCUT2D eigenvalue weighted by Gasteiger charge is -2.45. The standard InChI is InChI=1S/C15H25BrN2O2/c1-3-15(4-2,10-16)11-17-9-13(19)18-8-6-5-7-12(18)14(17)20/h12H,3-11H2,1-2H3. The van der Waals surface area contributed by atoms with Gasteiger partial charge in [-0.1, -0.05) is 29.8 Å². The number of alkyl halides is 1. The Morgan fingerprint density at radius 2 is 1.95 bits per heavy atom. The van der Waals surface area contributed by atoms with Gasteiger partial charge in [0.2, 0.25) is 11.8 Å². The summed E-state index contributed by atoms with van der Waals surface area (Å²) in [5.74, 6) is 0.293. The highest BCUT2D eigenvalue weighted by molar-refractivity contribution is 9.09. The Hall–Kier alpha value is -0.580. The predicted molar refractivity (Wildman–Crippen MR) is 82.7 cm³/mol. The molecule has 114 valence electrons. The van der Waals surface area contributed by atoms with Gasteiger partial charge in [-0.15, -0.1) is 0 Å². The number of halogens is 1. The molecule has 0 N–H and O–H groups in total. The van der Waals surface area contributed by atoms with Crippen LogP contribution in [0.15, 0.2) is 0 Å². The monoisotopic (exact) mass is 344 g/mol. The van der Waals surface area contributed by atoms with Gasteiger partial charge in [-0.2, -0.15) is 0 Å². The van der Waals surface area contributed by atoms with Crippen LogP contribution in [-0.2, 0) is 9.59 Å². The predicted octanol–water partition coefficient (Wildman–Crippen LogP) is 2.41. The first-order valence-corrected chi connectivity index (χ1v) is 8.83. The smallest absolute Gasteiger partial charge is 0.245 e. The molecule has 2 fully saturated rings. The van der Waals surface area contributed by atoms with Crippen molar-refractivity contribution >= 4 is 27.7 Å². The van der Waals surface area contributed by atoms with Gasteiger partial charge >= 0.3 is 0 Å². The van der Waals surface area contributed by atoms with Crippen molar-refractivity contribution in [3.05, 3.63) is 0 Å². The van der Waals surface area contributed by atoms with Crippen molar-refractivity contribution in [1.82, 2.24) is 9.80 Å². The summed E-state index contributed by atoms with van der Waals surface area (Å²) < 4.78 is 0. The first-order chi connectivity index (χ1) is 9.56. The third-order valence-corrected chi connectivity index (χ3v) is 6.25.